The molecule has 4 heteroatoms. The van der Waals surface area contributed by atoms with Crippen LogP contribution in [0.5, 0.6) is 0 Å². The van der Waals surface area contributed by atoms with E-state index in [1.54, 1.807) is 0 Å². The van der Waals surface area contributed by atoms with Gasteiger partial charge in [-0.25, -0.2) is 0 Å². The molecule has 0 bridgehead atoms. The number of morpholine rings is 1. The number of rotatable bonds is 2. The lowest BCUT2D eigenvalue weighted by Crippen LogP contribution is -2.40. The van der Waals surface area contributed by atoms with Gasteiger partial charge in [0.25, 0.3) is 0 Å². The van der Waals surface area contributed by atoms with Crippen LogP contribution in [0.3, 0.4) is 0 Å². The van der Waals surface area contributed by atoms with Crippen molar-refractivity contribution in [1.82, 2.24) is 4.90 Å². The third kappa shape index (κ3) is 2.39. The number of thiocarbonyl (C=S) groups is 1. The Bertz CT molecular complexity index is 204. The minimum absolute atomic E-state index is 0.385. The van der Waals surface area contributed by atoms with Gasteiger partial charge >= 0.3 is 0 Å². The van der Waals surface area contributed by atoms with Crippen LogP contribution in [0.2, 0.25) is 0 Å². The molecule has 0 spiro atoms. The second-order valence-electron chi connectivity index (χ2n) is 3.58. The maximum Gasteiger partial charge on any atom is 0.0901 e. The first-order valence-corrected chi connectivity index (χ1v) is 5.19. The monoisotopic (exact) mass is 201 g/mol. The Hall–Kier alpha value is -0.190. The quantitative estimate of drug-likeness (QED) is 0.488. The van der Waals surface area contributed by atoms with Crippen LogP contribution in [0.1, 0.15) is 13.3 Å². The summed E-state index contributed by atoms with van der Waals surface area (Å²) in [4.78, 5) is 3.27. The van der Waals surface area contributed by atoms with Crippen molar-refractivity contribution in [3.05, 3.63) is 0 Å². The number of hydrogen-bond donors (Lipinski definition) is 0. The van der Waals surface area contributed by atoms with E-state index in [0.717, 1.165) is 37.7 Å². The fourth-order valence-electron chi connectivity index (χ4n) is 1.56. The van der Waals surface area contributed by atoms with E-state index in [0.29, 0.717) is 12.2 Å². The normalized spacial score (nSPS) is 33.2. The topological polar surface area (TPSA) is 25.0 Å². The van der Waals surface area contributed by atoms with E-state index in [2.05, 4.69) is 11.8 Å². The summed E-state index contributed by atoms with van der Waals surface area (Å²) in [6, 6.07) is 0. The third-order valence-electron chi connectivity index (χ3n) is 2.58. The molecule has 2 heterocycles. The molecule has 2 saturated heterocycles. The molecule has 2 rings (SSSR count). The Morgan fingerprint density at radius 2 is 2.08 bits per heavy atom. The minimum atomic E-state index is 0.385. The van der Waals surface area contributed by atoms with Crippen molar-refractivity contribution < 1.29 is 9.47 Å². The summed E-state index contributed by atoms with van der Waals surface area (Å²) in [6.45, 7) is 5.59. The minimum Gasteiger partial charge on any atom is -0.378 e. The standard InChI is InChI=1S/C9H15NO2S/c1-7-8(12-7)6-9(13)10-2-4-11-5-3-10/h7-8H,2-6H2,1H3. The van der Waals surface area contributed by atoms with Crippen LogP contribution in [0.25, 0.3) is 0 Å². The molecule has 0 aromatic heterocycles. The summed E-state index contributed by atoms with van der Waals surface area (Å²) in [5, 5.41) is 0. The highest BCUT2D eigenvalue weighted by atomic mass is 32.1. The van der Waals surface area contributed by atoms with E-state index in [4.69, 9.17) is 21.7 Å². The molecular formula is C9H15NO2S. The van der Waals surface area contributed by atoms with Crippen molar-refractivity contribution >= 4 is 17.2 Å². The summed E-state index contributed by atoms with van der Waals surface area (Å²) in [6.07, 6.45) is 1.71. The second kappa shape index (κ2) is 3.90. The van der Waals surface area contributed by atoms with Crippen molar-refractivity contribution in [3.8, 4) is 0 Å². The fraction of sp³-hybridized carbons (Fsp3) is 0.889. The first-order valence-electron chi connectivity index (χ1n) is 4.78. The summed E-state index contributed by atoms with van der Waals surface area (Å²) >= 11 is 5.33. The van der Waals surface area contributed by atoms with Crippen molar-refractivity contribution in [1.29, 1.82) is 0 Å². The van der Waals surface area contributed by atoms with Crippen molar-refractivity contribution in [3.63, 3.8) is 0 Å². The van der Waals surface area contributed by atoms with Gasteiger partial charge in [0.05, 0.1) is 30.4 Å². The van der Waals surface area contributed by atoms with E-state index in [-0.39, 0.29) is 0 Å². The van der Waals surface area contributed by atoms with Crippen molar-refractivity contribution in [2.24, 2.45) is 0 Å². The Kier molecular flexibility index (Phi) is 2.81. The number of epoxide rings is 1. The van der Waals surface area contributed by atoms with Gasteiger partial charge in [-0.1, -0.05) is 12.2 Å². The fourth-order valence-corrected chi connectivity index (χ4v) is 1.91. The molecule has 0 aromatic rings. The zero-order valence-corrected chi connectivity index (χ0v) is 8.68. The van der Waals surface area contributed by atoms with Crippen LogP contribution >= 0.6 is 12.2 Å². The van der Waals surface area contributed by atoms with Crippen LogP contribution < -0.4 is 0 Å². The molecule has 0 radical (unpaired) electrons. The van der Waals surface area contributed by atoms with Crippen LogP contribution in [0.4, 0.5) is 0 Å². The highest BCUT2D eigenvalue weighted by molar-refractivity contribution is 7.80. The maximum absolute atomic E-state index is 5.33. The highest BCUT2D eigenvalue weighted by Gasteiger charge is 2.35. The SMILES string of the molecule is CC1OC1CC(=S)N1CCOCC1. The largest absolute Gasteiger partial charge is 0.378 e. The van der Waals surface area contributed by atoms with E-state index in [9.17, 15) is 0 Å². The van der Waals surface area contributed by atoms with Gasteiger partial charge in [0, 0.05) is 19.5 Å². The van der Waals surface area contributed by atoms with Gasteiger partial charge < -0.3 is 14.4 Å². The molecule has 3 nitrogen and oxygen atoms in total. The van der Waals surface area contributed by atoms with Gasteiger partial charge in [-0.15, -0.1) is 0 Å². The van der Waals surface area contributed by atoms with Gasteiger partial charge in [0.15, 0.2) is 0 Å². The summed E-state index contributed by atoms with van der Waals surface area (Å²) in [5.41, 5.74) is 0. The van der Waals surface area contributed by atoms with E-state index in [1.165, 1.54) is 0 Å². The molecule has 0 N–H and O–H groups in total. The summed E-state index contributed by atoms with van der Waals surface area (Å²) < 4.78 is 10.6. The number of ether oxygens (including phenoxy) is 2. The lowest BCUT2D eigenvalue weighted by molar-refractivity contribution is 0.0681. The molecule has 0 aliphatic carbocycles. The average Bonchev–Trinajstić information content (AvgIpc) is 2.83. The highest BCUT2D eigenvalue weighted by Crippen LogP contribution is 2.25. The number of hydrogen-bond acceptors (Lipinski definition) is 3. The Balaban J connectivity index is 1.75. The molecule has 2 unspecified atom stereocenters. The average molecular weight is 201 g/mol. The van der Waals surface area contributed by atoms with E-state index in [1.807, 2.05) is 0 Å². The van der Waals surface area contributed by atoms with Gasteiger partial charge in [-0.2, -0.15) is 0 Å². The van der Waals surface area contributed by atoms with Crippen LogP contribution in [0, 0.1) is 0 Å². The summed E-state index contributed by atoms with van der Waals surface area (Å²) in [7, 11) is 0. The summed E-state index contributed by atoms with van der Waals surface area (Å²) in [5.74, 6) is 0. The third-order valence-corrected chi connectivity index (χ3v) is 3.00. The van der Waals surface area contributed by atoms with Crippen LogP contribution in [-0.4, -0.2) is 48.4 Å². The Morgan fingerprint density at radius 3 is 2.62 bits per heavy atom. The second-order valence-corrected chi connectivity index (χ2v) is 4.05. The van der Waals surface area contributed by atoms with E-state index >= 15 is 0 Å². The molecule has 2 aliphatic rings. The lowest BCUT2D eigenvalue weighted by atomic mass is 10.2. The van der Waals surface area contributed by atoms with E-state index < -0.39 is 0 Å². The maximum atomic E-state index is 5.33. The smallest absolute Gasteiger partial charge is 0.0901 e. The van der Waals surface area contributed by atoms with Gasteiger partial charge in [-0.3, -0.25) is 0 Å². The van der Waals surface area contributed by atoms with Crippen LogP contribution in [0.15, 0.2) is 0 Å². The molecule has 2 aliphatic heterocycles. The number of nitrogens with zero attached hydrogens (tertiary/aromatic N) is 1. The Labute approximate surface area is 84.0 Å². The van der Waals surface area contributed by atoms with Crippen LogP contribution in [-0.2, 0) is 9.47 Å². The first kappa shape index (κ1) is 9.37. The zero-order chi connectivity index (χ0) is 9.26. The lowest BCUT2D eigenvalue weighted by Gasteiger charge is -2.28. The predicted octanol–water partition coefficient (Wildman–Crippen LogP) is 0.823. The molecular weight excluding hydrogens is 186 g/mol. The molecule has 13 heavy (non-hydrogen) atoms. The first-order chi connectivity index (χ1) is 6.27. The van der Waals surface area contributed by atoms with Gasteiger partial charge in [0.1, 0.15) is 0 Å². The van der Waals surface area contributed by atoms with Gasteiger partial charge in [-0.05, 0) is 6.92 Å². The van der Waals surface area contributed by atoms with Crippen molar-refractivity contribution in [2.75, 3.05) is 26.3 Å². The molecule has 0 amide bonds. The predicted molar refractivity (Wildman–Crippen MR) is 53.9 cm³/mol. The molecule has 0 aromatic carbocycles. The molecule has 74 valence electrons. The molecule has 0 saturated carbocycles. The Morgan fingerprint density at radius 1 is 1.46 bits per heavy atom. The van der Waals surface area contributed by atoms with Gasteiger partial charge in [0.2, 0.25) is 0 Å². The molecule has 2 atom stereocenters. The van der Waals surface area contributed by atoms with Crippen molar-refractivity contribution in [2.45, 2.75) is 25.6 Å². The molecule has 2 fully saturated rings. The zero-order valence-electron chi connectivity index (χ0n) is 7.86.